The van der Waals surface area contributed by atoms with Crippen LogP contribution in [0.3, 0.4) is 0 Å². The van der Waals surface area contributed by atoms with Crippen LogP contribution in [-0.4, -0.2) is 66.8 Å². The molecule has 0 radical (unpaired) electrons. The largest absolute Gasteiger partial charge is 0.491 e. The second-order valence-electron chi connectivity index (χ2n) is 5.56. The summed E-state index contributed by atoms with van der Waals surface area (Å²) in [7, 11) is 0. The van der Waals surface area contributed by atoms with Crippen LogP contribution in [0.15, 0.2) is 24.3 Å². The van der Waals surface area contributed by atoms with Crippen molar-refractivity contribution in [2.45, 2.75) is 25.0 Å². The van der Waals surface area contributed by atoms with Crippen molar-refractivity contribution in [2.75, 3.05) is 39.5 Å². The van der Waals surface area contributed by atoms with Crippen molar-refractivity contribution in [1.29, 1.82) is 0 Å². The Kier molecular flexibility index (Phi) is 7.42. The van der Waals surface area contributed by atoms with Crippen molar-refractivity contribution in [3.8, 4) is 5.75 Å². The molecule has 1 aliphatic heterocycles. The topological polar surface area (TPSA) is 62.2 Å². The number of likely N-dealkylation sites (tertiary alicyclic amines) is 1. The Bertz CT molecular complexity index is 421. The zero-order chi connectivity index (χ0) is 15.8. The first-order valence-corrected chi connectivity index (χ1v) is 8.06. The lowest BCUT2D eigenvalue weighted by Crippen LogP contribution is -2.41. The van der Waals surface area contributed by atoms with Crippen molar-refractivity contribution in [3.63, 3.8) is 0 Å². The van der Waals surface area contributed by atoms with E-state index in [0.29, 0.717) is 31.4 Å². The number of hydrogen-bond acceptors (Lipinski definition) is 5. The molecule has 0 saturated carbocycles. The minimum Gasteiger partial charge on any atom is -0.491 e. The Hall–Kier alpha value is -0.850. The molecule has 2 N–H and O–H groups in total. The third-order valence-corrected chi connectivity index (χ3v) is 3.90. The van der Waals surface area contributed by atoms with Gasteiger partial charge in [-0.05, 0) is 37.1 Å². The van der Waals surface area contributed by atoms with Crippen molar-refractivity contribution in [2.24, 2.45) is 0 Å². The molecule has 6 heteroatoms. The van der Waals surface area contributed by atoms with Crippen molar-refractivity contribution in [1.82, 2.24) is 4.90 Å². The van der Waals surface area contributed by atoms with E-state index in [4.69, 9.17) is 21.1 Å². The Balaban J connectivity index is 1.51. The maximum absolute atomic E-state index is 9.93. The van der Waals surface area contributed by atoms with Gasteiger partial charge in [-0.1, -0.05) is 11.6 Å². The summed E-state index contributed by atoms with van der Waals surface area (Å²) < 4.78 is 10.9. The lowest BCUT2D eigenvalue weighted by atomic mass is 10.1. The molecular weight excluding hydrogens is 306 g/mol. The SMILES string of the molecule is OC1CCN(C[C@H](O)COCCOc2ccc(Cl)cc2)CC1. The Labute approximate surface area is 136 Å². The first-order chi connectivity index (χ1) is 10.6. The molecule has 2 rings (SSSR count). The quantitative estimate of drug-likeness (QED) is 0.709. The van der Waals surface area contributed by atoms with Crippen molar-refractivity contribution >= 4 is 11.6 Å². The van der Waals surface area contributed by atoms with E-state index >= 15 is 0 Å². The zero-order valence-corrected chi connectivity index (χ0v) is 13.4. The van der Waals surface area contributed by atoms with Gasteiger partial charge < -0.3 is 24.6 Å². The summed E-state index contributed by atoms with van der Waals surface area (Å²) in [5.74, 6) is 0.750. The van der Waals surface area contributed by atoms with Crippen LogP contribution >= 0.6 is 11.6 Å². The number of halogens is 1. The number of benzene rings is 1. The number of rotatable bonds is 8. The summed E-state index contributed by atoms with van der Waals surface area (Å²) >= 11 is 5.79. The molecule has 1 aliphatic rings. The highest BCUT2D eigenvalue weighted by Gasteiger charge is 2.19. The van der Waals surface area contributed by atoms with Gasteiger partial charge in [0.05, 0.1) is 25.4 Å². The highest BCUT2D eigenvalue weighted by molar-refractivity contribution is 6.30. The molecule has 0 spiro atoms. The lowest BCUT2D eigenvalue weighted by molar-refractivity contribution is -0.00351. The fraction of sp³-hybridized carbons (Fsp3) is 0.625. The van der Waals surface area contributed by atoms with Gasteiger partial charge >= 0.3 is 0 Å². The molecule has 1 atom stereocenters. The number of ether oxygens (including phenoxy) is 2. The number of piperidine rings is 1. The molecule has 1 heterocycles. The van der Waals surface area contributed by atoms with Gasteiger partial charge in [0.25, 0.3) is 0 Å². The molecule has 1 aromatic rings. The third-order valence-electron chi connectivity index (χ3n) is 3.65. The molecule has 0 bridgehead atoms. The monoisotopic (exact) mass is 329 g/mol. The second kappa shape index (κ2) is 9.33. The Morgan fingerprint density at radius 1 is 1.18 bits per heavy atom. The average molecular weight is 330 g/mol. The van der Waals surface area contributed by atoms with Gasteiger partial charge in [0.1, 0.15) is 12.4 Å². The van der Waals surface area contributed by atoms with Crippen LogP contribution in [0, 0.1) is 0 Å². The van der Waals surface area contributed by atoms with E-state index in [0.717, 1.165) is 31.7 Å². The maximum Gasteiger partial charge on any atom is 0.119 e. The van der Waals surface area contributed by atoms with Gasteiger partial charge in [0.15, 0.2) is 0 Å². The highest BCUT2D eigenvalue weighted by Crippen LogP contribution is 2.15. The van der Waals surface area contributed by atoms with Crippen LogP contribution in [0.2, 0.25) is 5.02 Å². The standard InChI is InChI=1S/C16H24ClNO4/c17-13-1-3-16(4-2-13)22-10-9-21-12-15(20)11-18-7-5-14(19)6-8-18/h1-4,14-15,19-20H,5-12H2/t15-/m0/s1. The minimum absolute atomic E-state index is 0.186. The maximum atomic E-state index is 9.93. The number of hydrogen-bond donors (Lipinski definition) is 2. The molecule has 5 nitrogen and oxygen atoms in total. The fourth-order valence-electron chi connectivity index (χ4n) is 2.42. The number of β-amino-alcohol motifs (C(OH)–C–C–N with tert-alkyl or cyclic N) is 1. The van der Waals surface area contributed by atoms with E-state index in [1.54, 1.807) is 12.1 Å². The summed E-state index contributed by atoms with van der Waals surface area (Å²) in [6, 6.07) is 7.16. The predicted octanol–water partition coefficient (Wildman–Crippen LogP) is 1.55. The minimum atomic E-state index is -0.509. The molecule has 1 saturated heterocycles. The van der Waals surface area contributed by atoms with Crippen LogP contribution < -0.4 is 4.74 Å². The van der Waals surface area contributed by atoms with Gasteiger partial charge in [-0.15, -0.1) is 0 Å². The summed E-state index contributed by atoms with van der Waals surface area (Å²) in [6.45, 7) is 3.41. The molecule has 0 amide bonds. The van der Waals surface area contributed by atoms with Crippen LogP contribution in [0.4, 0.5) is 0 Å². The molecule has 124 valence electrons. The van der Waals surface area contributed by atoms with E-state index in [1.165, 1.54) is 0 Å². The average Bonchev–Trinajstić information content (AvgIpc) is 2.51. The molecule has 1 aromatic carbocycles. The van der Waals surface area contributed by atoms with E-state index in [1.807, 2.05) is 12.1 Å². The Morgan fingerprint density at radius 2 is 1.86 bits per heavy atom. The highest BCUT2D eigenvalue weighted by atomic mass is 35.5. The van der Waals surface area contributed by atoms with Crippen molar-refractivity contribution < 1.29 is 19.7 Å². The van der Waals surface area contributed by atoms with E-state index in [9.17, 15) is 10.2 Å². The van der Waals surface area contributed by atoms with Crippen LogP contribution in [0.5, 0.6) is 5.75 Å². The second-order valence-corrected chi connectivity index (χ2v) is 6.00. The Morgan fingerprint density at radius 3 is 2.55 bits per heavy atom. The van der Waals surface area contributed by atoms with Crippen LogP contribution in [0.1, 0.15) is 12.8 Å². The molecule has 22 heavy (non-hydrogen) atoms. The van der Waals surface area contributed by atoms with Gasteiger partial charge in [-0.25, -0.2) is 0 Å². The van der Waals surface area contributed by atoms with Gasteiger partial charge in [0, 0.05) is 24.7 Å². The molecule has 0 aliphatic carbocycles. The summed E-state index contributed by atoms with van der Waals surface area (Å²) in [5, 5.41) is 20.0. The fourth-order valence-corrected chi connectivity index (χ4v) is 2.55. The van der Waals surface area contributed by atoms with Gasteiger partial charge in [-0.2, -0.15) is 0 Å². The predicted molar refractivity (Wildman–Crippen MR) is 85.5 cm³/mol. The lowest BCUT2D eigenvalue weighted by Gasteiger charge is -2.30. The van der Waals surface area contributed by atoms with Crippen molar-refractivity contribution in [3.05, 3.63) is 29.3 Å². The van der Waals surface area contributed by atoms with Crippen LogP contribution in [-0.2, 0) is 4.74 Å². The molecule has 1 fully saturated rings. The normalized spacial score (nSPS) is 18.3. The van der Waals surface area contributed by atoms with E-state index in [2.05, 4.69) is 4.90 Å². The van der Waals surface area contributed by atoms with E-state index < -0.39 is 6.10 Å². The summed E-state index contributed by atoms with van der Waals surface area (Å²) in [5.41, 5.74) is 0. The van der Waals surface area contributed by atoms with Crippen LogP contribution in [0.25, 0.3) is 0 Å². The van der Waals surface area contributed by atoms with Gasteiger partial charge in [-0.3, -0.25) is 0 Å². The molecule has 0 unspecified atom stereocenters. The summed E-state index contributed by atoms with van der Waals surface area (Å²) in [4.78, 5) is 2.16. The van der Waals surface area contributed by atoms with E-state index in [-0.39, 0.29) is 6.10 Å². The number of aliphatic hydroxyl groups is 2. The molecular formula is C16H24ClNO4. The summed E-state index contributed by atoms with van der Waals surface area (Å²) in [6.07, 6.45) is 0.866. The first-order valence-electron chi connectivity index (χ1n) is 7.68. The number of aliphatic hydroxyl groups excluding tert-OH is 2. The number of nitrogens with zero attached hydrogens (tertiary/aromatic N) is 1. The third kappa shape index (κ3) is 6.50. The van der Waals surface area contributed by atoms with Gasteiger partial charge in [0.2, 0.25) is 0 Å². The smallest absolute Gasteiger partial charge is 0.119 e. The molecule has 0 aromatic heterocycles. The first kappa shape index (κ1) is 17.5. The zero-order valence-electron chi connectivity index (χ0n) is 12.7.